The molecule has 0 unspecified atom stereocenters. The molecule has 2 aromatic heterocycles. The molecular formula is C13H20N4. The minimum Gasteiger partial charge on any atom is -0.348 e. The molecule has 17 heavy (non-hydrogen) atoms. The van der Waals surface area contributed by atoms with E-state index in [4.69, 9.17) is 0 Å². The molecule has 92 valence electrons. The second-order valence-corrected chi connectivity index (χ2v) is 5.15. The molecule has 0 amide bonds. The maximum atomic E-state index is 4.52. The molecule has 0 aromatic carbocycles. The van der Waals surface area contributed by atoms with Crippen molar-refractivity contribution in [3.8, 4) is 0 Å². The van der Waals surface area contributed by atoms with Gasteiger partial charge in [0.15, 0.2) is 5.65 Å². The lowest BCUT2D eigenvalue weighted by atomic mass is 9.99. The Morgan fingerprint density at radius 1 is 1.41 bits per heavy atom. The molecule has 0 radical (unpaired) electrons. The van der Waals surface area contributed by atoms with Crippen LogP contribution in [-0.4, -0.2) is 20.1 Å². The summed E-state index contributed by atoms with van der Waals surface area (Å²) in [4.78, 5) is 4.52. The number of hydrogen-bond donors (Lipinski definition) is 1. The smallest absolute Gasteiger partial charge is 0.243 e. The molecule has 0 saturated carbocycles. The lowest BCUT2D eigenvalue weighted by molar-refractivity contribution is 0.507. The van der Waals surface area contributed by atoms with Crippen LogP contribution in [0.25, 0.3) is 5.65 Å². The third-order valence-corrected chi connectivity index (χ3v) is 2.88. The van der Waals surface area contributed by atoms with E-state index >= 15 is 0 Å². The summed E-state index contributed by atoms with van der Waals surface area (Å²) < 4.78 is 1.82. The van der Waals surface area contributed by atoms with Gasteiger partial charge in [-0.05, 0) is 38.8 Å². The summed E-state index contributed by atoms with van der Waals surface area (Å²) in [6.07, 6.45) is 4.17. The van der Waals surface area contributed by atoms with Crippen molar-refractivity contribution in [1.82, 2.24) is 14.6 Å². The molecule has 0 aliphatic rings. The third kappa shape index (κ3) is 2.57. The van der Waals surface area contributed by atoms with E-state index in [1.165, 1.54) is 0 Å². The van der Waals surface area contributed by atoms with Gasteiger partial charge in [0, 0.05) is 11.7 Å². The van der Waals surface area contributed by atoms with Crippen molar-refractivity contribution in [2.45, 2.75) is 46.1 Å². The number of fused-ring (bicyclic) bond motifs is 1. The van der Waals surface area contributed by atoms with Crippen molar-refractivity contribution in [2.75, 3.05) is 5.32 Å². The van der Waals surface area contributed by atoms with Crippen LogP contribution in [0.15, 0.2) is 18.3 Å². The first kappa shape index (κ1) is 11.9. The van der Waals surface area contributed by atoms with E-state index in [9.17, 15) is 0 Å². The number of anilines is 1. The number of nitrogens with zero attached hydrogens (tertiary/aromatic N) is 3. The molecule has 0 bridgehead atoms. The second kappa shape index (κ2) is 4.35. The van der Waals surface area contributed by atoms with Crippen LogP contribution in [-0.2, 0) is 0 Å². The molecule has 0 spiro atoms. The van der Waals surface area contributed by atoms with Crippen molar-refractivity contribution < 1.29 is 0 Å². The maximum absolute atomic E-state index is 4.52. The highest BCUT2D eigenvalue weighted by atomic mass is 15.4. The molecule has 4 heteroatoms. The van der Waals surface area contributed by atoms with Crippen LogP contribution >= 0.6 is 0 Å². The average Bonchev–Trinajstić information content (AvgIpc) is 2.60. The molecule has 1 N–H and O–H groups in total. The number of nitrogens with one attached hydrogen (secondary N) is 1. The van der Waals surface area contributed by atoms with Gasteiger partial charge in [-0.3, -0.25) is 0 Å². The molecule has 0 fully saturated rings. The van der Waals surface area contributed by atoms with Gasteiger partial charge in [0.25, 0.3) is 0 Å². The van der Waals surface area contributed by atoms with Crippen molar-refractivity contribution in [3.63, 3.8) is 0 Å². The first-order valence-electron chi connectivity index (χ1n) is 6.12. The summed E-state index contributed by atoms with van der Waals surface area (Å²) >= 11 is 0. The van der Waals surface area contributed by atoms with Gasteiger partial charge in [-0.1, -0.05) is 19.4 Å². The van der Waals surface area contributed by atoms with Crippen LogP contribution in [0.2, 0.25) is 0 Å². The fourth-order valence-corrected chi connectivity index (χ4v) is 2.08. The second-order valence-electron chi connectivity index (χ2n) is 5.15. The molecule has 2 heterocycles. The van der Waals surface area contributed by atoms with E-state index < -0.39 is 0 Å². The summed E-state index contributed by atoms with van der Waals surface area (Å²) in [5, 5.41) is 7.83. The van der Waals surface area contributed by atoms with E-state index in [1.807, 2.05) is 29.8 Å². The van der Waals surface area contributed by atoms with Crippen molar-refractivity contribution in [3.05, 3.63) is 23.9 Å². The number of hydrogen-bond acceptors (Lipinski definition) is 3. The number of rotatable bonds is 4. The molecule has 0 aliphatic heterocycles. The number of aromatic nitrogens is 3. The summed E-state index contributed by atoms with van der Waals surface area (Å²) in [5.74, 6) is 0.706. The van der Waals surface area contributed by atoms with Crippen molar-refractivity contribution >= 4 is 11.6 Å². The van der Waals surface area contributed by atoms with Crippen LogP contribution in [0.1, 0.15) is 39.2 Å². The summed E-state index contributed by atoms with van der Waals surface area (Å²) in [5.41, 5.74) is 2.09. The molecule has 2 rings (SSSR count). The molecule has 2 aromatic rings. The van der Waals surface area contributed by atoms with Crippen LogP contribution in [0.3, 0.4) is 0 Å². The molecule has 0 saturated heterocycles. The third-order valence-electron chi connectivity index (χ3n) is 2.88. The largest absolute Gasteiger partial charge is 0.348 e. The van der Waals surface area contributed by atoms with Crippen molar-refractivity contribution in [1.29, 1.82) is 0 Å². The Bertz CT molecular complexity index is 513. The SMILES string of the molecule is CCCC(C)(C)Nc1nc2c(C)cccn2n1. The van der Waals surface area contributed by atoms with E-state index in [-0.39, 0.29) is 5.54 Å². The van der Waals surface area contributed by atoms with Crippen LogP contribution in [0.5, 0.6) is 0 Å². The highest BCUT2D eigenvalue weighted by Crippen LogP contribution is 2.18. The summed E-state index contributed by atoms with van der Waals surface area (Å²) in [6, 6.07) is 4.03. The molecular weight excluding hydrogens is 212 g/mol. The van der Waals surface area contributed by atoms with Gasteiger partial charge in [0.05, 0.1) is 0 Å². The van der Waals surface area contributed by atoms with E-state index in [0.717, 1.165) is 24.1 Å². The predicted octanol–water partition coefficient (Wildman–Crippen LogP) is 3.03. The highest BCUT2D eigenvalue weighted by Gasteiger charge is 2.18. The number of aryl methyl sites for hydroxylation is 1. The van der Waals surface area contributed by atoms with Gasteiger partial charge in [-0.15, -0.1) is 5.10 Å². The Morgan fingerprint density at radius 3 is 2.82 bits per heavy atom. The summed E-state index contributed by atoms with van der Waals surface area (Å²) in [6.45, 7) is 8.58. The standard InChI is InChI=1S/C13H20N4/c1-5-8-13(3,4)15-12-14-11-10(2)7-6-9-17(11)16-12/h6-7,9H,5,8H2,1-4H3,(H,15,16). The van der Waals surface area contributed by atoms with Gasteiger partial charge >= 0.3 is 0 Å². The lowest BCUT2D eigenvalue weighted by Crippen LogP contribution is -2.31. The first-order valence-corrected chi connectivity index (χ1v) is 6.12. The average molecular weight is 232 g/mol. The molecule has 0 aliphatic carbocycles. The Kier molecular flexibility index (Phi) is 3.05. The van der Waals surface area contributed by atoms with Crippen LogP contribution in [0.4, 0.5) is 5.95 Å². The Labute approximate surface area is 102 Å². The van der Waals surface area contributed by atoms with Gasteiger partial charge < -0.3 is 5.32 Å². The van der Waals surface area contributed by atoms with Gasteiger partial charge in [-0.2, -0.15) is 4.98 Å². The van der Waals surface area contributed by atoms with E-state index in [1.54, 1.807) is 0 Å². The van der Waals surface area contributed by atoms with Gasteiger partial charge in [0.1, 0.15) is 0 Å². The van der Waals surface area contributed by atoms with Crippen molar-refractivity contribution in [2.24, 2.45) is 0 Å². The molecule has 4 nitrogen and oxygen atoms in total. The zero-order valence-electron chi connectivity index (χ0n) is 11.0. The normalized spacial score (nSPS) is 12.0. The van der Waals surface area contributed by atoms with E-state index in [0.29, 0.717) is 5.95 Å². The van der Waals surface area contributed by atoms with E-state index in [2.05, 4.69) is 36.2 Å². The fraction of sp³-hybridized carbons (Fsp3) is 0.538. The minimum atomic E-state index is 0.0353. The van der Waals surface area contributed by atoms with Crippen LogP contribution < -0.4 is 5.32 Å². The van der Waals surface area contributed by atoms with Gasteiger partial charge in [-0.25, -0.2) is 4.52 Å². The summed E-state index contributed by atoms with van der Waals surface area (Å²) in [7, 11) is 0. The quantitative estimate of drug-likeness (QED) is 0.881. The Morgan fingerprint density at radius 2 is 2.18 bits per heavy atom. The predicted molar refractivity (Wildman–Crippen MR) is 70.3 cm³/mol. The van der Waals surface area contributed by atoms with Gasteiger partial charge in [0.2, 0.25) is 5.95 Å². The zero-order valence-corrected chi connectivity index (χ0v) is 11.0. The Balaban J connectivity index is 2.28. The first-order chi connectivity index (χ1) is 8.02. The highest BCUT2D eigenvalue weighted by molar-refractivity contribution is 5.50. The fourth-order valence-electron chi connectivity index (χ4n) is 2.08. The minimum absolute atomic E-state index is 0.0353. The Hall–Kier alpha value is -1.58. The lowest BCUT2D eigenvalue weighted by Gasteiger charge is -2.24. The monoisotopic (exact) mass is 232 g/mol. The molecule has 0 atom stereocenters. The maximum Gasteiger partial charge on any atom is 0.243 e. The zero-order chi connectivity index (χ0) is 12.5. The van der Waals surface area contributed by atoms with Crippen LogP contribution in [0, 0.1) is 6.92 Å². The number of pyridine rings is 1. The topological polar surface area (TPSA) is 42.2 Å².